The molecule has 0 aromatic carbocycles. The van der Waals surface area contributed by atoms with E-state index in [-0.39, 0.29) is 0 Å². The van der Waals surface area contributed by atoms with E-state index in [0.717, 1.165) is 32.8 Å². The molecular formula is C10H18N2O. The first-order valence-corrected chi connectivity index (χ1v) is 4.73. The minimum atomic E-state index is 0.331. The van der Waals surface area contributed by atoms with Crippen LogP contribution in [0.1, 0.15) is 6.92 Å². The summed E-state index contributed by atoms with van der Waals surface area (Å²) in [6.45, 7) is 6.44. The van der Waals surface area contributed by atoms with Crippen molar-refractivity contribution in [3.05, 3.63) is 0 Å². The Hall–Kier alpha value is -0.560. The van der Waals surface area contributed by atoms with Crippen LogP contribution in [0.25, 0.3) is 0 Å². The van der Waals surface area contributed by atoms with Crippen LogP contribution in [0.2, 0.25) is 0 Å². The Balaban J connectivity index is 2.08. The minimum absolute atomic E-state index is 0.331. The van der Waals surface area contributed by atoms with Crippen LogP contribution in [-0.2, 0) is 4.74 Å². The van der Waals surface area contributed by atoms with Crippen LogP contribution in [-0.4, -0.2) is 50.8 Å². The second-order valence-corrected chi connectivity index (χ2v) is 3.31. The van der Waals surface area contributed by atoms with Gasteiger partial charge >= 0.3 is 0 Å². The van der Waals surface area contributed by atoms with Crippen LogP contribution in [0.3, 0.4) is 0 Å². The molecule has 3 heteroatoms. The Morgan fingerprint density at radius 2 is 2.46 bits per heavy atom. The highest BCUT2D eigenvalue weighted by Gasteiger charge is 2.16. The summed E-state index contributed by atoms with van der Waals surface area (Å²) in [7, 11) is 2.13. The maximum Gasteiger partial charge on any atom is 0.0826 e. The third-order valence-electron chi connectivity index (χ3n) is 2.10. The molecule has 1 rings (SSSR count). The fourth-order valence-electron chi connectivity index (χ4n) is 1.37. The normalized spacial score (nSPS) is 23.7. The molecule has 1 aliphatic heterocycles. The molecule has 0 saturated carbocycles. The molecule has 0 bridgehead atoms. The smallest absolute Gasteiger partial charge is 0.0826 e. The van der Waals surface area contributed by atoms with Crippen molar-refractivity contribution in [2.24, 2.45) is 0 Å². The second kappa shape index (κ2) is 5.98. The van der Waals surface area contributed by atoms with Crippen molar-refractivity contribution in [2.45, 2.75) is 13.0 Å². The van der Waals surface area contributed by atoms with E-state index in [2.05, 4.69) is 29.1 Å². The summed E-state index contributed by atoms with van der Waals surface area (Å²) in [5.74, 6) is 5.82. The first kappa shape index (κ1) is 10.5. The molecule has 0 aromatic rings. The Morgan fingerprint density at radius 1 is 1.62 bits per heavy atom. The summed E-state index contributed by atoms with van der Waals surface area (Å²) in [5, 5.41) is 3.25. The number of hydrogen-bond donors (Lipinski definition) is 1. The number of hydrogen-bond acceptors (Lipinski definition) is 3. The predicted octanol–water partition coefficient (Wildman–Crippen LogP) is -0.0701. The van der Waals surface area contributed by atoms with E-state index in [1.807, 2.05) is 6.92 Å². The molecule has 0 radical (unpaired) electrons. The Labute approximate surface area is 80.4 Å². The lowest BCUT2D eigenvalue weighted by Gasteiger charge is -2.29. The molecule has 1 heterocycles. The fourth-order valence-corrected chi connectivity index (χ4v) is 1.37. The van der Waals surface area contributed by atoms with Gasteiger partial charge in [0.1, 0.15) is 0 Å². The lowest BCUT2D eigenvalue weighted by Crippen LogP contribution is -2.44. The maximum atomic E-state index is 5.58. The largest absolute Gasteiger partial charge is 0.374 e. The zero-order valence-electron chi connectivity index (χ0n) is 8.47. The average molecular weight is 182 g/mol. The molecule has 1 aliphatic rings. The highest BCUT2D eigenvalue weighted by molar-refractivity contribution is 4.97. The summed E-state index contributed by atoms with van der Waals surface area (Å²) in [5.41, 5.74) is 0. The van der Waals surface area contributed by atoms with E-state index in [1.165, 1.54) is 0 Å². The van der Waals surface area contributed by atoms with E-state index >= 15 is 0 Å². The molecule has 0 spiro atoms. The van der Waals surface area contributed by atoms with Gasteiger partial charge in [-0.15, -0.1) is 5.92 Å². The zero-order chi connectivity index (χ0) is 9.52. The standard InChI is InChI=1S/C10H18N2O/c1-3-4-5-11-8-10-9-12(2)6-7-13-10/h10-11H,5-9H2,1-2H3. The highest BCUT2D eigenvalue weighted by atomic mass is 16.5. The first-order valence-electron chi connectivity index (χ1n) is 4.73. The van der Waals surface area contributed by atoms with E-state index in [9.17, 15) is 0 Å². The monoisotopic (exact) mass is 182 g/mol. The van der Waals surface area contributed by atoms with Crippen molar-refractivity contribution in [3.8, 4) is 11.8 Å². The number of morpholine rings is 1. The topological polar surface area (TPSA) is 24.5 Å². The highest BCUT2D eigenvalue weighted by Crippen LogP contribution is 2.00. The van der Waals surface area contributed by atoms with Gasteiger partial charge in [0.15, 0.2) is 0 Å². The van der Waals surface area contributed by atoms with Crippen molar-refractivity contribution in [3.63, 3.8) is 0 Å². The molecular weight excluding hydrogens is 164 g/mol. The summed E-state index contributed by atoms with van der Waals surface area (Å²) in [6, 6.07) is 0. The molecule has 0 aromatic heterocycles. The van der Waals surface area contributed by atoms with Gasteiger partial charge in [-0.05, 0) is 14.0 Å². The van der Waals surface area contributed by atoms with Crippen molar-refractivity contribution >= 4 is 0 Å². The van der Waals surface area contributed by atoms with Crippen LogP contribution < -0.4 is 5.32 Å². The van der Waals surface area contributed by atoms with Gasteiger partial charge in [0.2, 0.25) is 0 Å². The lowest BCUT2D eigenvalue weighted by molar-refractivity contribution is -0.0175. The summed E-state index contributed by atoms with van der Waals surface area (Å²) < 4.78 is 5.58. The van der Waals surface area contributed by atoms with Gasteiger partial charge in [-0.3, -0.25) is 0 Å². The number of likely N-dealkylation sites (N-methyl/N-ethyl adjacent to an activating group) is 1. The molecule has 3 nitrogen and oxygen atoms in total. The first-order chi connectivity index (χ1) is 6.33. The SMILES string of the molecule is CC#CCNCC1CN(C)CCO1. The second-order valence-electron chi connectivity index (χ2n) is 3.31. The zero-order valence-corrected chi connectivity index (χ0v) is 8.47. The van der Waals surface area contributed by atoms with Gasteiger partial charge in [0.05, 0.1) is 19.3 Å². The van der Waals surface area contributed by atoms with Crippen molar-refractivity contribution in [2.75, 3.05) is 39.8 Å². The summed E-state index contributed by atoms with van der Waals surface area (Å²) in [6.07, 6.45) is 0.331. The molecule has 0 aliphatic carbocycles. The number of ether oxygens (including phenoxy) is 1. The van der Waals surface area contributed by atoms with Crippen molar-refractivity contribution < 1.29 is 4.74 Å². The van der Waals surface area contributed by atoms with Gasteiger partial charge in [0, 0.05) is 19.6 Å². The molecule has 74 valence electrons. The van der Waals surface area contributed by atoms with Crippen LogP contribution in [0.5, 0.6) is 0 Å². The molecule has 1 N–H and O–H groups in total. The molecule has 1 saturated heterocycles. The van der Waals surface area contributed by atoms with Crippen LogP contribution in [0.15, 0.2) is 0 Å². The van der Waals surface area contributed by atoms with Crippen LogP contribution >= 0.6 is 0 Å². The lowest BCUT2D eigenvalue weighted by atomic mass is 10.3. The van der Waals surface area contributed by atoms with Crippen molar-refractivity contribution in [1.29, 1.82) is 0 Å². The van der Waals surface area contributed by atoms with Gasteiger partial charge in [-0.25, -0.2) is 0 Å². The predicted molar refractivity (Wildman–Crippen MR) is 53.6 cm³/mol. The number of rotatable bonds is 3. The van der Waals surface area contributed by atoms with Gasteiger partial charge < -0.3 is 15.0 Å². The number of nitrogens with zero attached hydrogens (tertiary/aromatic N) is 1. The molecule has 1 fully saturated rings. The number of nitrogens with one attached hydrogen (secondary N) is 1. The summed E-state index contributed by atoms with van der Waals surface area (Å²) >= 11 is 0. The Kier molecular flexibility index (Phi) is 4.84. The Bertz CT molecular complexity index is 195. The molecule has 1 unspecified atom stereocenters. The van der Waals surface area contributed by atoms with Gasteiger partial charge in [-0.2, -0.15) is 0 Å². The van der Waals surface area contributed by atoms with Gasteiger partial charge in [-0.1, -0.05) is 5.92 Å². The van der Waals surface area contributed by atoms with Gasteiger partial charge in [0.25, 0.3) is 0 Å². The van der Waals surface area contributed by atoms with Crippen LogP contribution in [0, 0.1) is 11.8 Å². The maximum absolute atomic E-state index is 5.58. The quantitative estimate of drug-likeness (QED) is 0.488. The minimum Gasteiger partial charge on any atom is -0.374 e. The van der Waals surface area contributed by atoms with E-state index in [0.29, 0.717) is 6.10 Å². The Morgan fingerprint density at radius 3 is 3.15 bits per heavy atom. The third kappa shape index (κ3) is 4.28. The van der Waals surface area contributed by atoms with Crippen molar-refractivity contribution in [1.82, 2.24) is 10.2 Å². The molecule has 0 amide bonds. The average Bonchev–Trinajstić information content (AvgIpc) is 2.13. The van der Waals surface area contributed by atoms with E-state index in [1.54, 1.807) is 0 Å². The molecule has 13 heavy (non-hydrogen) atoms. The fraction of sp³-hybridized carbons (Fsp3) is 0.800. The summed E-state index contributed by atoms with van der Waals surface area (Å²) in [4.78, 5) is 2.29. The molecule has 1 atom stereocenters. The van der Waals surface area contributed by atoms with Crippen LogP contribution in [0.4, 0.5) is 0 Å². The van der Waals surface area contributed by atoms with E-state index < -0.39 is 0 Å². The third-order valence-corrected chi connectivity index (χ3v) is 2.10. The van der Waals surface area contributed by atoms with E-state index in [4.69, 9.17) is 4.74 Å².